The van der Waals surface area contributed by atoms with E-state index in [0.717, 1.165) is 0 Å². The Kier molecular flexibility index (Phi) is 3.20. The largest absolute Gasteiger partial charge is 0.390 e. The number of carbonyl (C=O) groups excluding carboxylic acids is 1. The van der Waals surface area contributed by atoms with Gasteiger partial charge in [0.05, 0.1) is 11.2 Å². The van der Waals surface area contributed by atoms with Gasteiger partial charge in [-0.25, -0.2) is 0 Å². The maximum Gasteiger partial charge on any atom is 0.171 e. The van der Waals surface area contributed by atoms with Crippen molar-refractivity contribution >= 4 is 5.78 Å². The van der Waals surface area contributed by atoms with Crippen LogP contribution in [0.2, 0.25) is 0 Å². The molecule has 0 bridgehead atoms. The van der Waals surface area contributed by atoms with E-state index < -0.39 is 22.6 Å². The number of hydrogen-bond donors (Lipinski definition) is 3. The second-order valence-corrected chi connectivity index (χ2v) is 6.91. The van der Waals surface area contributed by atoms with Gasteiger partial charge in [0.15, 0.2) is 5.78 Å². The number of rotatable bonds is 1. The highest BCUT2D eigenvalue weighted by Gasteiger charge is 2.58. The predicted octanol–water partition coefficient (Wildman–Crippen LogP) is 1.18. The van der Waals surface area contributed by atoms with Gasteiger partial charge in [-0.3, -0.25) is 4.79 Å². The van der Waals surface area contributed by atoms with Crippen LogP contribution in [0, 0.1) is 11.8 Å². The molecule has 0 aromatic heterocycles. The summed E-state index contributed by atoms with van der Waals surface area (Å²) in [4.78, 5) is 12.3. The van der Waals surface area contributed by atoms with Crippen molar-refractivity contribution in [3.63, 3.8) is 0 Å². The summed E-state index contributed by atoms with van der Waals surface area (Å²) >= 11 is 0. The third-order valence-electron chi connectivity index (χ3n) is 5.25. The van der Waals surface area contributed by atoms with E-state index in [1.54, 1.807) is 20.8 Å². The van der Waals surface area contributed by atoms with Crippen LogP contribution in [0.25, 0.3) is 0 Å². The van der Waals surface area contributed by atoms with Gasteiger partial charge < -0.3 is 15.3 Å². The second kappa shape index (κ2) is 4.14. The lowest BCUT2D eigenvalue weighted by atomic mass is 9.75. The number of Topliss-reactive ketones (excluding diaryl/α,β-unsaturated/α-hetero) is 1. The van der Waals surface area contributed by atoms with Gasteiger partial charge >= 0.3 is 0 Å². The van der Waals surface area contributed by atoms with Crippen LogP contribution in [0.15, 0.2) is 12.2 Å². The summed E-state index contributed by atoms with van der Waals surface area (Å²) < 4.78 is 0. The molecule has 4 heteroatoms. The third kappa shape index (κ3) is 2.16. The maximum atomic E-state index is 12.3. The summed E-state index contributed by atoms with van der Waals surface area (Å²) in [6.45, 7) is 8.70. The molecule has 4 nitrogen and oxygen atoms in total. The van der Waals surface area contributed by atoms with Crippen LogP contribution in [0.4, 0.5) is 0 Å². The smallest absolute Gasteiger partial charge is 0.171 e. The zero-order chi connectivity index (χ0) is 14.6. The highest BCUT2D eigenvalue weighted by molar-refractivity contribution is 5.91. The van der Waals surface area contributed by atoms with Gasteiger partial charge in [-0.1, -0.05) is 6.58 Å². The van der Waals surface area contributed by atoms with E-state index >= 15 is 0 Å². The summed E-state index contributed by atoms with van der Waals surface area (Å²) in [5, 5.41) is 31.7. The van der Waals surface area contributed by atoms with Crippen molar-refractivity contribution in [3.05, 3.63) is 12.2 Å². The van der Waals surface area contributed by atoms with Crippen molar-refractivity contribution in [1.29, 1.82) is 0 Å². The molecule has 2 saturated carbocycles. The molecule has 19 heavy (non-hydrogen) atoms. The fourth-order valence-corrected chi connectivity index (χ4v) is 3.82. The number of fused-ring (bicyclic) bond motifs is 1. The molecule has 0 unspecified atom stereocenters. The van der Waals surface area contributed by atoms with Gasteiger partial charge in [-0.15, -0.1) is 0 Å². The number of carbonyl (C=O) groups is 1. The van der Waals surface area contributed by atoms with Gasteiger partial charge in [0.25, 0.3) is 0 Å². The topological polar surface area (TPSA) is 77.8 Å². The average Bonchev–Trinajstić information content (AvgIpc) is 2.49. The number of aliphatic hydroxyl groups is 3. The van der Waals surface area contributed by atoms with Crippen LogP contribution in [0.5, 0.6) is 0 Å². The minimum absolute atomic E-state index is 0.0897. The van der Waals surface area contributed by atoms with Crippen molar-refractivity contribution in [2.45, 2.75) is 63.3 Å². The summed E-state index contributed by atoms with van der Waals surface area (Å²) in [5.74, 6) is -0.856. The minimum Gasteiger partial charge on any atom is -0.390 e. The molecule has 0 spiro atoms. The normalized spacial score (nSPS) is 50.7. The van der Waals surface area contributed by atoms with Gasteiger partial charge in [0, 0.05) is 6.42 Å². The molecule has 0 aromatic rings. The molecule has 2 fully saturated rings. The van der Waals surface area contributed by atoms with Crippen LogP contribution in [0.1, 0.15) is 46.5 Å². The van der Waals surface area contributed by atoms with Crippen LogP contribution in [-0.4, -0.2) is 37.9 Å². The van der Waals surface area contributed by atoms with Gasteiger partial charge in [-0.2, -0.15) is 0 Å². The maximum absolute atomic E-state index is 12.3. The molecule has 0 saturated heterocycles. The lowest BCUT2D eigenvalue weighted by molar-refractivity contribution is -0.137. The minimum atomic E-state index is -1.63. The molecular weight excluding hydrogens is 244 g/mol. The Morgan fingerprint density at radius 1 is 1.21 bits per heavy atom. The molecule has 0 aromatic carbocycles. The van der Waals surface area contributed by atoms with E-state index in [0.29, 0.717) is 18.4 Å². The summed E-state index contributed by atoms with van der Waals surface area (Å²) in [5.41, 5.74) is -3.38. The molecule has 108 valence electrons. The van der Waals surface area contributed by atoms with Crippen molar-refractivity contribution < 1.29 is 20.1 Å². The van der Waals surface area contributed by atoms with Crippen molar-refractivity contribution in [2.24, 2.45) is 11.8 Å². The van der Waals surface area contributed by atoms with E-state index in [9.17, 15) is 20.1 Å². The van der Waals surface area contributed by atoms with E-state index in [4.69, 9.17) is 0 Å². The average molecular weight is 268 g/mol. The van der Waals surface area contributed by atoms with Crippen LogP contribution < -0.4 is 0 Å². The Labute approximate surface area is 114 Å². The highest BCUT2D eigenvalue weighted by Crippen LogP contribution is 2.52. The Bertz CT molecular complexity index is 424. The van der Waals surface area contributed by atoms with Gasteiger partial charge in [0.2, 0.25) is 0 Å². The first-order valence-electron chi connectivity index (χ1n) is 6.87. The van der Waals surface area contributed by atoms with Crippen molar-refractivity contribution in [1.82, 2.24) is 0 Å². The van der Waals surface area contributed by atoms with E-state index in [1.807, 2.05) is 0 Å². The summed E-state index contributed by atoms with van der Waals surface area (Å²) in [6, 6.07) is 0. The lowest BCUT2D eigenvalue weighted by Crippen LogP contribution is -2.44. The standard InChI is InChI=1S/C15H24O4/c1-9(2)15(19)7-11-10(5-6-13(11,3)17)14(4,18)8-12(15)16/h10-11,17-19H,1,5-8H2,2-4H3/t10-,11+,13+,14+,15+/m1/s1. The van der Waals surface area contributed by atoms with Crippen LogP contribution in [0.3, 0.4) is 0 Å². The first kappa shape index (κ1) is 14.7. The third-order valence-corrected chi connectivity index (χ3v) is 5.25. The molecule has 0 radical (unpaired) electrons. The van der Waals surface area contributed by atoms with E-state index in [-0.39, 0.29) is 24.7 Å². The van der Waals surface area contributed by atoms with Crippen LogP contribution >= 0.6 is 0 Å². The summed E-state index contributed by atoms with van der Waals surface area (Å²) in [7, 11) is 0. The van der Waals surface area contributed by atoms with Crippen molar-refractivity contribution in [3.8, 4) is 0 Å². The Hall–Kier alpha value is -0.710. The molecule has 0 aliphatic heterocycles. The summed E-state index contributed by atoms with van der Waals surface area (Å²) in [6.07, 6.45) is 1.31. The first-order chi connectivity index (χ1) is 8.51. The zero-order valence-electron chi connectivity index (χ0n) is 11.9. The quantitative estimate of drug-likeness (QED) is 0.624. The molecule has 2 aliphatic carbocycles. The monoisotopic (exact) mass is 268 g/mol. The van der Waals surface area contributed by atoms with E-state index in [1.165, 1.54) is 0 Å². The molecule has 5 atom stereocenters. The van der Waals surface area contributed by atoms with Crippen molar-refractivity contribution in [2.75, 3.05) is 0 Å². The van der Waals surface area contributed by atoms with Gasteiger partial charge in [-0.05, 0) is 57.4 Å². The SMILES string of the molecule is C=C(C)[C@@]1(O)C[C@H]2[C@@H](CC[C@]2(C)O)[C@@](C)(O)CC1=O. The molecule has 0 amide bonds. The second-order valence-electron chi connectivity index (χ2n) is 6.91. The number of ketones is 1. The fourth-order valence-electron chi connectivity index (χ4n) is 3.82. The molecule has 2 rings (SSSR count). The van der Waals surface area contributed by atoms with E-state index in [2.05, 4.69) is 6.58 Å². The highest BCUT2D eigenvalue weighted by atomic mass is 16.3. The molecule has 0 heterocycles. The van der Waals surface area contributed by atoms with Gasteiger partial charge in [0.1, 0.15) is 5.60 Å². The Morgan fingerprint density at radius 3 is 2.32 bits per heavy atom. The molecular formula is C15H24O4. The van der Waals surface area contributed by atoms with Crippen LogP contribution in [-0.2, 0) is 4.79 Å². The predicted molar refractivity (Wildman–Crippen MR) is 71.5 cm³/mol. The lowest BCUT2D eigenvalue weighted by Gasteiger charge is -2.36. The Morgan fingerprint density at radius 2 is 1.79 bits per heavy atom. The molecule has 2 aliphatic rings. The first-order valence-corrected chi connectivity index (χ1v) is 6.87. The zero-order valence-corrected chi connectivity index (χ0v) is 11.9. The number of hydrogen-bond acceptors (Lipinski definition) is 4. The Balaban J connectivity index is 2.48. The molecule has 3 N–H and O–H groups in total. The fraction of sp³-hybridized carbons (Fsp3) is 0.800.